The van der Waals surface area contributed by atoms with Crippen molar-refractivity contribution in [2.75, 3.05) is 0 Å². The Hall–Kier alpha value is -0.300. The molecule has 1 atom stereocenters. The standard InChI is InChI=1S/C19H25Br/c1-12-3-4-17(5-13(12)2)18(20)19-9-14-6-15(10-19)8-16(7-14)11-19/h3-5,14-16,18H,6-11H2,1-2H3. The summed E-state index contributed by atoms with van der Waals surface area (Å²) in [7, 11) is 0. The Morgan fingerprint density at radius 1 is 0.950 bits per heavy atom. The third kappa shape index (κ3) is 2.00. The zero-order valence-corrected chi connectivity index (χ0v) is 14.2. The minimum absolute atomic E-state index is 0.566. The van der Waals surface area contributed by atoms with Crippen molar-refractivity contribution >= 4 is 15.9 Å². The summed E-state index contributed by atoms with van der Waals surface area (Å²) < 4.78 is 0. The highest BCUT2D eigenvalue weighted by molar-refractivity contribution is 9.09. The molecule has 0 aromatic heterocycles. The molecule has 0 amide bonds. The van der Waals surface area contributed by atoms with Gasteiger partial charge in [-0.2, -0.15) is 0 Å². The third-order valence-corrected chi connectivity index (χ3v) is 7.95. The van der Waals surface area contributed by atoms with E-state index >= 15 is 0 Å². The molecule has 1 aromatic rings. The van der Waals surface area contributed by atoms with Crippen LogP contribution in [0.2, 0.25) is 0 Å². The molecule has 1 unspecified atom stereocenters. The van der Waals surface area contributed by atoms with Gasteiger partial charge in [0.15, 0.2) is 0 Å². The summed E-state index contributed by atoms with van der Waals surface area (Å²) in [5.74, 6) is 3.11. The zero-order chi connectivity index (χ0) is 13.9. The molecule has 5 rings (SSSR count). The number of benzene rings is 1. The maximum atomic E-state index is 4.13. The van der Waals surface area contributed by atoms with Crippen molar-refractivity contribution in [1.29, 1.82) is 0 Å². The first-order valence-electron chi connectivity index (χ1n) is 8.27. The van der Waals surface area contributed by atoms with E-state index in [0.29, 0.717) is 10.2 Å². The molecule has 0 aliphatic heterocycles. The summed E-state index contributed by atoms with van der Waals surface area (Å²) in [4.78, 5) is 0.572. The number of alkyl halides is 1. The molecule has 0 radical (unpaired) electrons. The zero-order valence-electron chi connectivity index (χ0n) is 12.7. The van der Waals surface area contributed by atoms with Gasteiger partial charge in [-0.15, -0.1) is 0 Å². The molecule has 0 nitrogen and oxygen atoms in total. The van der Waals surface area contributed by atoms with Crippen LogP contribution >= 0.6 is 15.9 Å². The van der Waals surface area contributed by atoms with Gasteiger partial charge in [0.25, 0.3) is 0 Å². The second kappa shape index (κ2) is 4.60. The van der Waals surface area contributed by atoms with Gasteiger partial charge in [0, 0.05) is 4.83 Å². The molecule has 0 heterocycles. The lowest BCUT2D eigenvalue weighted by atomic mass is 9.48. The molecule has 4 aliphatic rings. The highest BCUT2D eigenvalue weighted by Gasteiger charge is 2.53. The van der Waals surface area contributed by atoms with E-state index in [1.54, 1.807) is 0 Å². The van der Waals surface area contributed by atoms with Crippen LogP contribution in [0.4, 0.5) is 0 Å². The molecular weight excluding hydrogens is 308 g/mol. The first-order valence-corrected chi connectivity index (χ1v) is 9.18. The quantitative estimate of drug-likeness (QED) is 0.586. The average molecular weight is 333 g/mol. The summed E-state index contributed by atoms with van der Waals surface area (Å²) in [6.45, 7) is 4.46. The Morgan fingerprint density at radius 3 is 2.00 bits per heavy atom. The van der Waals surface area contributed by atoms with E-state index in [4.69, 9.17) is 0 Å². The average Bonchev–Trinajstić information content (AvgIpc) is 2.39. The van der Waals surface area contributed by atoms with Gasteiger partial charge in [0.2, 0.25) is 0 Å². The largest absolute Gasteiger partial charge is 0.0833 e. The van der Waals surface area contributed by atoms with Crippen LogP contribution in [0.15, 0.2) is 18.2 Å². The molecule has 0 saturated heterocycles. The number of hydrogen-bond acceptors (Lipinski definition) is 0. The van der Waals surface area contributed by atoms with Crippen molar-refractivity contribution in [3.8, 4) is 0 Å². The van der Waals surface area contributed by atoms with Crippen molar-refractivity contribution in [3.63, 3.8) is 0 Å². The van der Waals surface area contributed by atoms with E-state index in [-0.39, 0.29) is 0 Å². The van der Waals surface area contributed by atoms with Crippen LogP contribution in [0.3, 0.4) is 0 Å². The predicted molar refractivity (Wildman–Crippen MR) is 88.2 cm³/mol. The minimum Gasteiger partial charge on any atom is -0.0833 e. The Labute approximate surface area is 131 Å². The van der Waals surface area contributed by atoms with E-state index in [2.05, 4.69) is 48.0 Å². The molecular formula is C19H25Br. The molecule has 0 N–H and O–H groups in total. The summed E-state index contributed by atoms with van der Waals surface area (Å²) in [5, 5.41) is 0. The van der Waals surface area contributed by atoms with Crippen LogP contribution in [0.5, 0.6) is 0 Å². The summed E-state index contributed by atoms with van der Waals surface area (Å²) in [5.41, 5.74) is 4.95. The molecule has 4 fully saturated rings. The van der Waals surface area contributed by atoms with Crippen LogP contribution in [0, 0.1) is 37.0 Å². The number of hydrogen-bond donors (Lipinski definition) is 0. The van der Waals surface area contributed by atoms with Crippen LogP contribution < -0.4 is 0 Å². The van der Waals surface area contributed by atoms with Gasteiger partial charge in [-0.05, 0) is 92.2 Å². The van der Waals surface area contributed by atoms with Crippen molar-refractivity contribution in [3.05, 3.63) is 34.9 Å². The van der Waals surface area contributed by atoms with Crippen LogP contribution in [-0.4, -0.2) is 0 Å². The fraction of sp³-hybridized carbons (Fsp3) is 0.684. The highest BCUT2D eigenvalue weighted by Crippen LogP contribution is 2.65. The van der Waals surface area contributed by atoms with E-state index in [1.807, 2.05) is 0 Å². The van der Waals surface area contributed by atoms with Gasteiger partial charge in [-0.1, -0.05) is 34.1 Å². The molecule has 0 spiro atoms. The van der Waals surface area contributed by atoms with Gasteiger partial charge in [0.1, 0.15) is 0 Å². The lowest BCUT2D eigenvalue weighted by Gasteiger charge is -2.58. The summed E-state index contributed by atoms with van der Waals surface area (Å²) in [6, 6.07) is 7.09. The van der Waals surface area contributed by atoms with Gasteiger partial charge in [0.05, 0.1) is 0 Å². The molecule has 4 bridgehead atoms. The Bertz CT molecular complexity index is 495. The van der Waals surface area contributed by atoms with Crippen molar-refractivity contribution in [2.45, 2.75) is 57.2 Å². The maximum absolute atomic E-state index is 4.13. The predicted octanol–water partition coefficient (Wildman–Crippen LogP) is 5.96. The second-order valence-electron chi connectivity index (χ2n) is 7.99. The highest BCUT2D eigenvalue weighted by atomic mass is 79.9. The van der Waals surface area contributed by atoms with Gasteiger partial charge in [-0.25, -0.2) is 0 Å². The van der Waals surface area contributed by atoms with E-state index in [1.165, 1.54) is 55.2 Å². The maximum Gasteiger partial charge on any atom is 0.0451 e. The molecule has 1 heteroatoms. The lowest BCUT2D eigenvalue weighted by molar-refractivity contribution is -0.0528. The number of rotatable bonds is 2. The van der Waals surface area contributed by atoms with Crippen LogP contribution in [0.1, 0.15) is 60.0 Å². The van der Waals surface area contributed by atoms with Crippen LogP contribution in [0.25, 0.3) is 0 Å². The molecule has 1 aromatic carbocycles. The number of halogens is 1. The monoisotopic (exact) mass is 332 g/mol. The Kier molecular flexibility index (Phi) is 3.07. The topological polar surface area (TPSA) is 0 Å². The van der Waals surface area contributed by atoms with Crippen molar-refractivity contribution in [1.82, 2.24) is 0 Å². The molecule has 108 valence electrons. The Balaban J connectivity index is 1.67. The van der Waals surface area contributed by atoms with Crippen molar-refractivity contribution < 1.29 is 0 Å². The SMILES string of the molecule is Cc1ccc(C(Br)C23CC4CC(CC(C4)C2)C3)cc1C. The molecule has 20 heavy (non-hydrogen) atoms. The fourth-order valence-electron chi connectivity index (χ4n) is 5.76. The van der Waals surface area contributed by atoms with E-state index in [9.17, 15) is 0 Å². The van der Waals surface area contributed by atoms with Gasteiger partial charge < -0.3 is 0 Å². The second-order valence-corrected chi connectivity index (χ2v) is 8.90. The first-order chi connectivity index (χ1) is 9.56. The lowest BCUT2D eigenvalue weighted by Crippen LogP contribution is -2.47. The number of aryl methyl sites for hydroxylation is 2. The summed E-state index contributed by atoms with van der Waals surface area (Å²) >= 11 is 4.13. The minimum atomic E-state index is 0.566. The smallest absolute Gasteiger partial charge is 0.0451 e. The van der Waals surface area contributed by atoms with E-state index in [0.717, 1.165) is 17.8 Å². The molecule has 4 saturated carbocycles. The van der Waals surface area contributed by atoms with Gasteiger partial charge >= 0.3 is 0 Å². The first kappa shape index (κ1) is 13.4. The Morgan fingerprint density at radius 2 is 1.50 bits per heavy atom. The normalized spacial score (nSPS) is 40.0. The van der Waals surface area contributed by atoms with Gasteiger partial charge in [-0.3, -0.25) is 0 Å². The fourth-order valence-corrected chi connectivity index (χ4v) is 6.61. The van der Waals surface area contributed by atoms with Crippen molar-refractivity contribution in [2.24, 2.45) is 23.2 Å². The molecule has 4 aliphatic carbocycles. The van der Waals surface area contributed by atoms with E-state index < -0.39 is 0 Å². The van der Waals surface area contributed by atoms with Crippen LogP contribution in [-0.2, 0) is 0 Å². The third-order valence-electron chi connectivity index (χ3n) is 6.45. The summed E-state index contributed by atoms with van der Waals surface area (Å²) in [6.07, 6.45) is 9.02.